The van der Waals surface area contributed by atoms with E-state index in [4.69, 9.17) is 0 Å². The molecular formula is C26H20O2S2. The Morgan fingerprint density at radius 3 is 1.33 bits per heavy atom. The lowest BCUT2D eigenvalue weighted by molar-refractivity contribution is 0.281. The molecule has 4 aromatic carbocycles. The van der Waals surface area contributed by atoms with E-state index in [1.807, 2.05) is 36.4 Å². The Morgan fingerprint density at radius 1 is 0.467 bits per heavy atom. The van der Waals surface area contributed by atoms with Gasteiger partial charge in [-0.15, -0.1) is 0 Å². The molecule has 148 valence electrons. The van der Waals surface area contributed by atoms with Gasteiger partial charge in [0.05, 0.1) is 13.2 Å². The summed E-state index contributed by atoms with van der Waals surface area (Å²) in [5, 5.41) is 18.8. The van der Waals surface area contributed by atoms with E-state index in [1.54, 1.807) is 23.5 Å². The highest BCUT2D eigenvalue weighted by atomic mass is 32.2. The van der Waals surface area contributed by atoms with Crippen LogP contribution < -0.4 is 0 Å². The molecule has 0 radical (unpaired) electrons. The fourth-order valence-corrected chi connectivity index (χ4v) is 5.91. The second-order valence-corrected chi connectivity index (χ2v) is 9.41. The quantitative estimate of drug-likeness (QED) is 0.337. The second kappa shape index (κ2) is 8.32. The first-order chi connectivity index (χ1) is 14.7. The molecule has 0 bridgehead atoms. The Bertz CT molecular complexity index is 1140. The SMILES string of the molecule is OCc1cccc(-c2ccc3c(c2)Sc2ccc(-c4cccc(CO)c4)cc2S3)c1. The van der Waals surface area contributed by atoms with Crippen molar-refractivity contribution < 1.29 is 10.2 Å². The number of fused-ring (bicyclic) bond motifs is 2. The number of aliphatic hydroxyl groups excluding tert-OH is 2. The first-order valence-electron chi connectivity index (χ1n) is 9.77. The van der Waals surface area contributed by atoms with Gasteiger partial charge < -0.3 is 10.2 Å². The van der Waals surface area contributed by atoms with E-state index in [1.165, 1.54) is 19.6 Å². The van der Waals surface area contributed by atoms with E-state index < -0.39 is 0 Å². The molecule has 0 amide bonds. The summed E-state index contributed by atoms with van der Waals surface area (Å²) in [6.07, 6.45) is 0. The molecule has 4 heteroatoms. The molecular weight excluding hydrogens is 408 g/mol. The summed E-state index contributed by atoms with van der Waals surface area (Å²) in [6.45, 7) is 0.112. The molecule has 0 saturated carbocycles. The van der Waals surface area contributed by atoms with Crippen LogP contribution in [0.4, 0.5) is 0 Å². The molecule has 5 rings (SSSR count). The van der Waals surface area contributed by atoms with Crippen LogP contribution in [0.15, 0.2) is 105 Å². The van der Waals surface area contributed by atoms with Crippen molar-refractivity contribution in [1.29, 1.82) is 0 Å². The smallest absolute Gasteiger partial charge is 0.0682 e. The topological polar surface area (TPSA) is 40.5 Å². The number of hydrogen-bond donors (Lipinski definition) is 2. The average molecular weight is 429 g/mol. The van der Waals surface area contributed by atoms with Crippen LogP contribution in [0.2, 0.25) is 0 Å². The van der Waals surface area contributed by atoms with Crippen LogP contribution in [0.1, 0.15) is 11.1 Å². The Hall–Kier alpha value is -2.50. The average Bonchev–Trinajstić information content (AvgIpc) is 2.82. The van der Waals surface area contributed by atoms with Gasteiger partial charge in [0.25, 0.3) is 0 Å². The zero-order chi connectivity index (χ0) is 20.5. The van der Waals surface area contributed by atoms with Crippen LogP contribution in [0.5, 0.6) is 0 Å². The van der Waals surface area contributed by atoms with E-state index in [9.17, 15) is 10.2 Å². The van der Waals surface area contributed by atoms with Gasteiger partial charge in [0.1, 0.15) is 0 Å². The molecule has 30 heavy (non-hydrogen) atoms. The molecule has 2 nitrogen and oxygen atoms in total. The first kappa shape index (κ1) is 19.5. The molecule has 2 N–H and O–H groups in total. The van der Waals surface area contributed by atoms with Crippen molar-refractivity contribution >= 4 is 23.5 Å². The van der Waals surface area contributed by atoms with E-state index in [0.717, 1.165) is 33.4 Å². The third-order valence-corrected chi connectivity index (χ3v) is 7.74. The summed E-state index contributed by atoms with van der Waals surface area (Å²) in [4.78, 5) is 5.04. The minimum absolute atomic E-state index is 0.0559. The molecule has 0 unspecified atom stereocenters. The van der Waals surface area contributed by atoms with Gasteiger partial charge in [-0.2, -0.15) is 0 Å². The van der Waals surface area contributed by atoms with Crippen molar-refractivity contribution in [3.05, 3.63) is 96.1 Å². The predicted molar refractivity (Wildman–Crippen MR) is 124 cm³/mol. The maximum absolute atomic E-state index is 9.42. The van der Waals surface area contributed by atoms with E-state index in [2.05, 4.69) is 48.5 Å². The van der Waals surface area contributed by atoms with Crippen LogP contribution in [-0.2, 0) is 13.2 Å². The Labute approximate surface area is 184 Å². The first-order valence-corrected chi connectivity index (χ1v) is 11.4. The Morgan fingerprint density at radius 2 is 0.900 bits per heavy atom. The lowest BCUT2D eigenvalue weighted by atomic mass is 10.0. The molecule has 1 aliphatic heterocycles. The highest BCUT2D eigenvalue weighted by Crippen LogP contribution is 2.50. The molecule has 4 aromatic rings. The normalized spacial score (nSPS) is 12.3. The highest BCUT2D eigenvalue weighted by molar-refractivity contribution is 8.05. The molecule has 0 fully saturated rings. The van der Waals surface area contributed by atoms with Gasteiger partial charge in [0.15, 0.2) is 0 Å². The molecule has 0 saturated heterocycles. The molecule has 0 aliphatic carbocycles. The lowest BCUT2D eigenvalue weighted by Crippen LogP contribution is -1.92. The van der Waals surface area contributed by atoms with Crippen molar-refractivity contribution in [2.75, 3.05) is 0 Å². The minimum atomic E-state index is 0.0559. The number of benzene rings is 4. The number of rotatable bonds is 4. The Balaban J connectivity index is 1.46. The highest BCUT2D eigenvalue weighted by Gasteiger charge is 2.18. The van der Waals surface area contributed by atoms with Gasteiger partial charge in [-0.1, -0.05) is 72.1 Å². The summed E-state index contributed by atoms with van der Waals surface area (Å²) >= 11 is 3.61. The van der Waals surface area contributed by atoms with Crippen LogP contribution in [0.25, 0.3) is 22.3 Å². The third kappa shape index (κ3) is 3.80. The molecule has 0 spiro atoms. The van der Waals surface area contributed by atoms with Crippen LogP contribution in [0.3, 0.4) is 0 Å². The van der Waals surface area contributed by atoms with Crippen LogP contribution in [0, 0.1) is 0 Å². The predicted octanol–water partition coefficient (Wildman–Crippen LogP) is 6.62. The number of hydrogen-bond acceptors (Lipinski definition) is 4. The summed E-state index contributed by atoms with van der Waals surface area (Å²) in [6, 6.07) is 29.3. The minimum Gasteiger partial charge on any atom is -0.392 e. The van der Waals surface area contributed by atoms with Crippen molar-refractivity contribution in [2.45, 2.75) is 32.8 Å². The van der Waals surface area contributed by atoms with Crippen LogP contribution >= 0.6 is 23.5 Å². The maximum Gasteiger partial charge on any atom is 0.0682 e. The fraction of sp³-hybridized carbons (Fsp3) is 0.0769. The molecule has 0 atom stereocenters. The van der Waals surface area contributed by atoms with Gasteiger partial charge in [-0.25, -0.2) is 0 Å². The summed E-state index contributed by atoms with van der Waals surface area (Å²) < 4.78 is 0. The fourth-order valence-electron chi connectivity index (χ4n) is 3.64. The maximum atomic E-state index is 9.42. The van der Waals surface area contributed by atoms with Gasteiger partial charge in [0.2, 0.25) is 0 Å². The lowest BCUT2D eigenvalue weighted by Gasteiger charge is -2.20. The zero-order valence-electron chi connectivity index (χ0n) is 16.2. The largest absolute Gasteiger partial charge is 0.392 e. The van der Waals surface area contributed by atoms with Gasteiger partial charge in [-0.05, 0) is 69.8 Å². The van der Waals surface area contributed by atoms with Crippen molar-refractivity contribution in [2.24, 2.45) is 0 Å². The standard InChI is InChI=1S/C26H20O2S2/c27-15-17-3-1-5-19(11-17)21-7-9-23-25(13-21)29-24-10-8-22(14-26(24)30-23)20-6-2-4-18(12-20)16-28/h1-14,27-28H,15-16H2. The van der Waals surface area contributed by atoms with E-state index in [-0.39, 0.29) is 13.2 Å². The summed E-state index contributed by atoms with van der Waals surface area (Å²) in [5.41, 5.74) is 6.43. The third-order valence-electron chi connectivity index (χ3n) is 5.21. The molecule has 1 aliphatic rings. The van der Waals surface area contributed by atoms with Gasteiger partial charge in [0, 0.05) is 19.6 Å². The monoisotopic (exact) mass is 428 g/mol. The van der Waals surface area contributed by atoms with E-state index in [0.29, 0.717) is 0 Å². The molecule has 0 aromatic heterocycles. The van der Waals surface area contributed by atoms with Crippen molar-refractivity contribution in [3.8, 4) is 22.3 Å². The molecule has 1 heterocycles. The summed E-state index contributed by atoms with van der Waals surface area (Å²) in [5.74, 6) is 0. The van der Waals surface area contributed by atoms with Gasteiger partial charge in [-0.3, -0.25) is 0 Å². The van der Waals surface area contributed by atoms with Crippen LogP contribution in [-0.4, -0.2) is 10.2 Å². The van der Waals surface area contributed by atoms with E-state index >= 15 is 0 Å². The second-order valence-electron chi connectivity index (χ2n) is 7.24. The van der Waals surface area contributed by atoms with Gasteiger partial charge >= 0.3 is 0 Å². The van der Waals surface area contributed by atoms with Crippen molar-refractivity contribution in [3.63, 3.8) is 0 Å². The number of aliphatic hydroxyl groups is 2. The zero-order valence-corrected chi connectivity index (χ0v) is 17.8. The Kier molecular flexibility index (Phi) is 5.40. The summed E-state index contributed by atoms with van der Waals surface area (Å²) in [7, 11) is 0. The van der Waals surface area contributed by atoms with Crippen molar-refractivity contribution in [1.82, 2.24) is 0 Å².